The fourth-order valence-electron chi connectivity index (χ4n) is 1.51. The van der Waals surface area contributed by atoms with Gasteiger partial charge < -0.3 is 14.9 Å². The summed E-state index contributed by atoms with van der Waals surface area (Å²) in [5.41, 5.74) is 0. The van der Waals surface area contributed by atoms with Crippen molar-refractivity contribution in [2.75, 3.05) is 39.8 Å². The molecule has 0 unspecified atom stereocenters. The van der Waals surface area contributed by atoms with Gasteiger partial charge in [0.25, 0.3) is 0 Å². The lowest BCUT2D eigenvalue weighted by Gasteiger charge is -2.31. The van der Waals surface area contributed by atoms with Gasteiger partial charge in [-0.05, 0) is 13.5 Å². The molecule has 0 radical (unpaired) electrons. The fraction of sp³-hybridized carbons (Fsp3) is 0.700. The molecule has 4 nitrogen and oxygen atoms in total. The van der Waals surface area contributed by atoms with E-state index in [1.54, 1.807) is 6.08 Å². The number of carboxylic acid groups (broad SMARTS) is 1. The zero-order chi connectivity index (χ0) is 10.4. The van der Waals surface area contributed by atoms with Crippen molar-refractivity contribution in [1.82, 2.24) is 9.80 Å². The lowest BCUT2D eigenvalue weighted by Crippen LogP contribution is -2.44. The molecule has 0 aromatic carbocycles. The lowest BCUT2D eigenvalue weighted by molar-refractivity contribution is -0.131. The standard InChI is InChI=1S/C10H18N2O2/c1-11-6-8-12(9-7-11)5-3-2-4-10(13)14/h2,4H,3,5-9H2,1H3,(H,13,14)/b4-2-. The van der Waals surface area contributed by atoms with E-state index < -0.39 is 5.97 Å². The topological polar surface area (TPSA) is 43.8 Å². The summed E-state index contributed by atoms with van der Waals surface area (Å²) in [5, 5.41) is 8.38. The molecular weight excluding hydrogens is 180 g/mol. The third-order valence-corrected chi connectivity index (χ3v) is 2.47. The molecule has 0 aliphatic carbocycles. The maximum absolute atomic E-state index is 10.2. The van der Waals surface area contributed by atoms with E-state index in [1.165, 1.54) is 6.08 Å². The Labute approximate surface area is 84.8 Å². The van der Waals surface area contributed by atoms with Crippen LogP contribution in [0.4, 0.5) is 0 Å². The fourth-order valence-corrected chi connectivity index (χ4v) is 1.51. The van der Waals surface area contributed by atoms with E-state index in [2.05, 4.69) is 16.8 Å². The van der Waals surface area contributed by atoms with E-state index in [9.17, 15) is 4.79 Å². The summed E-state index contributed by atoms with van der Waals surface area (Å²) in [7, 11) is 2.13. The highest BCUT2D eigenvalue weighted by atomic mass is 16.4. The second-order valence-electron chi connectivity index (χ2n) is 3.67. The van der Waals surface area contributed by atoms with Crippen molar-refractivity contribution in [1.29, 1.82) is 0 Å². The zero-order valence-electron chi connectivity index (χ0n) is 8.65. The van der Waals surface area contributed by atoms with Gasteiger partial charge in [0.05, 0.1) is 0 Å². The number of carboxylic acids is 1. The molecule has 0 amide bonds. The van der Waals surface area contributed by atoms with Gasteiger partial charge in [-0.2, -0.15) is 0 Å². The number of nitrogens with zero attached hydrogens (tertiary/aromatic N) is 2. The quantitative estimate of drug-likeness (QED) is 0.658. The minimum absolute atomic E-state index is 0.829. The second-order valence-corrected chi connectivity index (χ2v) is 3.67. The van der Waals surface area contributed by atoms with Gasteiger partial charge in [-0.15, -0.1) is 0 Å². The van der Waals surface area contributed by atoms with Gasteiger partial charge in [0, 0.05) is 38.8 Å². The highest BCUT2D eigenvalue weighted by molar-refractivity contribution is 5.79. The van der Waals surface area contributed by atoms with Crippen LogP contribution in [0, 0.1) is 0 Å². The van der Waals surface area contributed by atoms with Crippen LogP contribution in [-0.4, -0.2) is 60.6 Å². The average Bonchev–Trinajstić information content (AvgIpc) is 2.15. The molecule has 14 heavy (non-hydrogen) atoms. The van der Waals surface area contributed by atoms with Gasteiger partial charge in [0.1, 0.15) is 0 Å². The van der Waals surface area contributed by atoms with Gasteiger partial charge in [-0.25, -0.2) is 4.79 Å². The summed E-state index contributed by atoms with van der Waals surface area (Å²) in [6.07, 6.45) is 3.77. The van der Waals surface area contributed by atoms with Crippen LogP contribution in [0.3, 0.4) is 0 Å². The highest BCUT2D eigenvalue weighted by Crippen LogP contribution is 2.00. The minimum Gasteiger partial charge on any atom is -0.478 e. The molecule has 0 aromatic rings. The molecule has 4 heteroatoms. The Morgan fingerprint density at radius 1 is 1.36 bits per heavy atom. The maximum atomic E-state index is 10.2. The minimum atomic E-state index is -0.858. The van der Waals surface area contributed by atoms with Crippen LogP contribution in [0.25, 0.3) is 0 Å². The smallest absolute Gasteiger partial charge is 0.327 e. The molecule has 0 saturated carbocycles. The highest BCUT2D eigenvalue weighted by Gasteiger charge is 2.11. The summed E-state index contributed by atoms with van der Waals surface area (Å²) < 4.78 is 0. The van der Waals surface area contributed by atoms with Crippen molar-refractivity contribution in [3.05, 3.63) is 12.2 Å². The first-order chi connectivity index (χ1) is 6.68. The van der Waals surface area contributed by atoms with Crippen molar-refractivity contribution >= 4 is 5.97 Å². The number of hydrogen-bond donors (Lipinski definition) is 1. The molecule has 1 aliphatic rings. The first-order valence-corrected chi connectivity index (χ1v) is 4.99. The van der Waals surface area contributed by atoms with Crippen LogP contribution in [0.1, 0.15) is 6.42 Å². The van der Waals surface area contributed by atoms with Gasteiger partial charge >= 0.3 is 5.97 Å². The number of carbonyl (C=O) groups is 1. The zero-order valence-corrected chi connectivity index (χ0v) is 8.65. The Bertz CT molecular complexity index is 208. The first kappa shape index (κ1) is 11.2. The first-order valence-electron chi connectivity index (χ1n) is 4.99. The molecule has 0 atom stereocenters. The molecule has 1 saturated heterocycles. The Morgan fingerprint density at radius 3 is 2.57 bits per heavy atom. The molecule has 1 aliphatic heterocycles. The Balaban J connectivity index is 2.10. The summed E-state index contributed by atoms with van der Waals surface area (Å²) in [4.78, 5) is 14.9. The molecule has 80 valence electrons. The van der Waals surface area contributed by atoms with E-state index in [4.69, 9.17) is 5.11 Å². The van der Waals surface area contributed by atoms with Crippen molar-refractivity contribution < 1.29 is 9.90 Å². The predicted octanol–water partition coefficient (Wildman–Crippen LogP) is 0.265. The Morgan fingerprint density at radius 2 is 2.00 bits per heavy atom. The number of aliphatic carboxylic acids is 1. The molecule has 1 N–H and O–H groups in total. The lowest BCUT2D eigenvalue weighted by atomic mass is 10.3. The van der Waals surface area contributed by atoms with Crippen molar-refractivity contribution in [2.24, 2.45) is 0 Å². The molecule has 1 heterocycles. The summed E-state index contributed by atoms with van der Waals surface area (Å²) in [6.45, 7) is 5.39. The second kappa shape index (κ2) is 5.78. The molecule has 1 rings (SSSR count). The molecular formula is C10H18N2O2. The van der Waals surface area contributed by atoms with E-state index in [-0.39, 0.29) is 0 Å². The largest absolute Gasteiger partial charge is 0.478 e. The van der Waals surface area contributed by atoms with E-state index >= 15 is 0 Å². The molecule has 1 fully saturated rings. The van der Waals surface area contributed by atoms with Gasteiger partial charge in [0.15, 0.2) is 0 Å². The molecule has 0 aromatic heterocycles. The van der Waals surface area contributed by atoms with Crippen molar-refractivity contribution in [3.8, 4) is 0 Å². The van der Waals surface area contributed by atoms with Crippen LogP contribution >= 0.6 is 0 Å². The van der Waals surface area contributed by atoms with E-state index in [0.717, 1.165) is 39.1 Å². The molecule has 0 spiro atoms. The summed E-state index contributed by atoms with van der Waals surface area (Å²) >= 11 is 0. The third kappa shape index (κ3) is 4.39. The van der Waals surface area contributed by atoms with Crippen LogP contribution in [0.5, 0.6) is 0 Å². The number of likely N-dealkylation sites (N-methyl/N-ethyl adjacent to an activating group) is 1. The van der Waals surface area contributed by atoms with Crippen molar-refractivity contribution in [2.45, 2.75) is 6.42 Å². The normalized spacial score (nSPS) is 20.4. The van der Waals surface area contributed by atoms with E-state index in [0.29, 0.717) is 0 Å². The average molecular weight is 198 g/mol. The van der Waals surface area contributed by atoms with Gasteiger partial charge in [-0.3, -0.25) is 0 Å². The molecule has 0 bridgehead atoms. The van der Waals surface area contributed by atoms with Crippen LogP contribution in [-0.2, 0) is 4.79 Å². The van der Waals surface area contributed by atoms with Crippen LogP contribution in [0.2, 0.25) is 0 Å². The van der Waals surface area contributed by atoms with Gasteiger partial charge in [-0.1, -0.05) is 6.08 Å². The maximum Gasteiger partial charge on any atom is 0.327 e. The summed E-state index contributed by atoms with van der Waals surface area (Å²) in [6, 6.07) is 0. The van der Waals surface area contributed by atoms with Crippen LogP contribution in [0.15, 0.2) is 12.2 Å². The van der Waals surface area contributed by atoms with Gasteiger partial charge in [0.2, 0.25) is 0 Å². The Kier molecular flexibility index (Phi) is 4.62. The Hall–Kier alpha value is -0.870. The predicted molar refractivity (Wildman–Crippen MR) is 55.3 cm³/mol. The number of piperazine rings is 1. The van der Waals surface area contributed by atoms with Crippen molar-refractivity contribution in [3.63, 3.8) is 0 Å². The van der Waals surface area contributed by atoms with Crippen LogP contribution < -0.4 is 0 Å². The number of rotatable bonds is 4. The SMILES string of the molecule is CN1CCN(CC/C=C\C(=O)O)CC1. The van der Waals surface area contributed by atoms with E-state index in [1.807, 2.05) is 0 Å². The monoisotopic (exact) mass is 198 g/mol. The summed E-state index contributed by atoms with van der Waals surface area (Å²) in [5.74, 6) is -0.858. The number of hydrogen-bond acceptors (Lipinski definition) is 3. The third-order valence-electron chi connectivity index (χ3n) is 2.47.